The molecule has 0 spiro atoms. The normalized spacial score (nSPS) is 17.4. The highest BCUT2D eigenvalue weighted by Gasteiger charge is 2.26. The molecule has 4 heteroatoms. The summed E-state index contributed by atoms with van der Waals surface area (Å²) in [5.41, 5.74) is 9.50. The first-order valence-corrected chi connectivity index (χ1v) is 9.54. The van der Waals surface area contributed by atoms with Crippen molar-refractivity contribution in [3.05, 3.63) is 89.5 Å². The molecule has 8 bridgehead atoms. The van der Waals surface area contributed by atoms with Crippen LogP contribution in [0.25, 0.3) is 39.8 Å². The maximum atomic E-state index is 4.97. The summed E-state index contributed by atoms with van der Waals surface area (Å²) in [7, 11) is 0. The van der Waals surface area contributed by atoms with Crippen LogP contribution in [0.1, 0.15) is 35.1 Å². The highest BCUT2D eigenvalue weighted by Crippen LogP contribution is 2.40. The minimum absolute atomic E-state index is 0.314. The molecule has 0 amide bonds. The summed E-state index contributed by atoms with van der Waals surface area (Å²) >= 11 is 0. The van der Waals surface area contributed by atoms with E-state index in [0.717, 1.165) is 51.3 Å². The lowest BCUT2D eigenvalue weighted by Gasteiger charge is -2.12. The predicted octanol–water partition coefficient (Wildman–Crippen LogP) is 5.61. The van der Waals surface area contributed by atoms with Crippen LogP contribution in [0.4, 0.5) is 0 Å². The summed E-state index contributed by atoms with van der Waals surface area (Å²) in [4.78, 5) is 16.6. The van der Waals surface area contributed by atoms with Crippen LogP contribution in [0, 0.1) is 0 Å². The highest BCUT2D eigenvalue weighted by atomic mass is 14.8. The molecule has 1 aliphatic carbocycles. The van der Waals surface area contributed by atoms with E-state index in [2.05, 4.69) is 82.8 Å². The van der Waals surface area contributed by atoms with Gasteiger partial charge in [0.1, 0.15) is 0 Å². The standard InChI is InChI=1S/C24H18N4/c1-2-4-22-21(3-1)23-13-19-9-7-17(26-19)11-15-5-6-16(25-15)12-18-8-10-20(27-18)14-24(22)28-23/h1-3,5-14,22,25,27H,4H2. The molecule has 0 saturated carbocycles. The molecule has 3 aromatic rings. The minimum Gasteiger partial charge on any atom is -0.355 e. The van der Waals surface area contributed by atoms with Crippen LogP contribution >= 0.6 is 0 Å². The fourth-order valence-electron chi connectivity index (χ4n) is 4.08. The van der Waals surface area contributed by atoms with Gasteiger partial charge in [0.25, 0.3) is 0 Å². The fraction of sp³-hybridized carbons (Fsp3) is 0.0833. The van der Waals surface area contributed by atoms with Crippen LogP contribution in [-0.4, -0.2) is 19.9 Å². The van der Waals surface area contributed by atoms with E-state index in [1.807, 2.05) is 6.08 Å². The van der Waals surface area contributed by atoms with E-state index in [1.54, 1.807) is 0 Å². The number of aromatic nitrogens is 4. The van der Waals surface area contributed by atoms with Gasteiger partial charge in [0.15, 0.2) is 0 Å². The SMILES string of the molecule is C1=CCC2C(=C1)c1cc3nc(cc4ccc(cc5ccc(cc2n1)[nH]5)[nH]4)C=C3. The number of rotatable bonds is 0. The lowest BCUT2D eigenvalue weighted by Crippen LogP contribution is -1.96. The van der Waals surface area contributed by atoms with Crippen molar-refractivity contribution in [2.24, 2.45) is 0 Å². The molecule has 4 nitrogen and oxygen atoms in total. The Morgan fingerprint density at radius 3 is 2.21 bits per heavy atom. The van der Waals surface area contributed by atoms with Gasteiger partial charge in [-0.25, -0.2) is 4.98 Å². The second-order valence-electron chi connectivity index (χ2n) is 7.37. The highest BCUT2D eigenvalue weighted by molar-refractivity contribution is 5.79. The second-order valence-corrected chi connectivity index (χ2v) is 7.37. The van der Waals surface area contributed by atoms with Gasteiger partial charge in [-0.15, -0.1) is 0 Å². The van der Waals surface area contributed by atoms with Crippen LogP contribution in [-0.2, 0) is 0 Å². The zero-order valence-corrected chi connectivity index (χ0v) is 15.2. The molecule has 3 aromatic heterocycles. The van der Waals surface area contributed by atoms with Crippen molar-refractivity contribution >= 4 is 39.8 Å². The van der Waals surface area contributed by atoms with Crippen molar-refractivity contribution in [3.8, 4) is 0 Å². The predicted molar refractivity (Wildman–Crippen MR) is 114 cm³/mol. The maximum absolute atomic E-state index is 4.97. The van der Waals surface area contributed by atoms with E-state index in [1.165, 1.54) is 5.57 Å². The number of fused-ring (bicyclic) bond motifs is 11. The van der Waals surface area contributed by atoms with Crippen LogP contribution in [0.3, 0.4) is 0 Å². The number of H-pyrrole nitrogens is 2. The third-order valence-electron chi connectivity index (χ3n) is 5.41. The zero-order valence-electron chi connectivity index (χ0n) is 15.2. The largest absolute Gasteiger partial charge is 0.355 e. The van der Waals surface area contributed by atoms with Crippen LogP contribution in [0.2, 0.25) is 0 Å². The summed E-state index contributed by atoms with van der Waals surface area (Å²) < 4.78 is 0. The van der Waals surface area contributed by atoms with Crippen molar-refractivity contribution in [2.45, 2.75) is 12.3 Å². The van der Waals surface area contributed by atoms with Gasteiger partial charge in [0.2, 0.25) is 0 Å². The molecule has 0 aromatic carbocycles. The Morgan fingerprint density at radius 1 is 0.750 bits per heavy atom. The molecule has 1 atom stereocenters. The molecule has 0 fully saturated rings. The van der Waals surface area contributed by atoms with Gasteiger partial charge in [-0.05, 0) is 72.7 Å². The zero-order chi connectivity index (χ0) is 18.5. The molecule has 2 aliphatic heterocycles. The summed E-state index contributed by atoms with van der Waals surface area (Å²) in [5.74, 6) is 0.314. The summed E-state index contributed by atoms with van der Waals surface area (Å²) in [6, 6.07) is 16.8. The number of hydrogen-bond acceptors (Lipinski definition) is 2. The van der Waals surface area contributed by atoms with Gasteiger partial charge in [-0.3, -0.25) is 4.98 Å². The molecule has 0 radical (unpaired) electrons. The minimum atomic E-state index is 0.314. The average Bonchev–Trinajstić information content (AvgIpc) is 3.47. The number of aromatic amines is 2. The Bertz CT molecular complexity index is 1350. The molecular formula is C24H18N4. The lowest BCUT2D eigenvalue weighted by atomic mass is 9.89. The third kappa shape index (κ3) is 2.62. The Hall–Kier alpha value is -3.66. The van der Waals surface area contributed by atoms with Crippen LogP contribution < -0.4 is 0 Å². The van der Waals surface area contributed by atoms with E-state index in [9.17, 15) is 0 Å². The van der Waals surface area contributed by atoms with Crippen molar-refractivity contribution in [1.82, 2.24) is 19.9 Å². The molecule has 5 heterocycles. The molecule has 28 heavy (non-hydrogen) atoms. The van der Waals surface area contributed by atoms with Crippen molar-refractivity contribution in [3.63, 3.8) is 0 Å². The molecule has 2 N–H and O–H groups in total. The topological polar surface area (TPSA) is 57.4 Å². The van der Waals surface area contributed by atoms with E-state index >= 15 is 0 Å². The monoisotopic (exact) mass is 362 g/mol. The Balaban J connectivity index is 1.69. The third-order valence-corrected chi connectivity index (χ3v) is 5.41. The number of nitrogens with one attached hydrogen (secondary N) is 2. The van der Waals surface area contributed by atoms with Crippen molar-refractivity contribution in [1.29, 1.82) is 0 Å². The molecule has 6 rings (SSSR count). The Morgan fingerprint density at radius 2 is 1.43 bits per heavy atom. The van der Waals surface area contributed by atoms with Gasteiger partial charge >= 0.3 is 0 Å². The van der Waals surface area contributed by atoms with Crippen LogP contribution in [0.15, 0.2) is 66.8 Å². The summed E-state index contributed by atoms with van der Waals surface area (Å²) in [5, 5.41) is 0. The smallest absolute Gasteiger partial charge is 0.0693 e. The maximum Gasteiger partial charge on any atom is 0.0693 e. The summed E-state index contributed by atoms with van der Waals surface area (Å²) in [6.07, 6.45) is 11.6. The Kier molecular flexibility index (Phi) is 3.26. The van der Waals surface area contributed by atoms with Gasteiger partial charge in [0, 0.05) is 28.0 Å². The van der Waals surface area contributed by atoms with E-state index in [-0.39, 0.29) is 0 Å². The van der Waals surface area contributed by atoms with E-state index in [4.69, 9.17) is 9.97 Å². The van der Waals surface area contributed by atoms with Gasteiger partial charge in [0.05, 0.1) is 22.8 Å². The molecule has 134 valence electrons. The van der Waals surface area contributed by atoms with Crippen LogP contribution in [0.5, 0.6) is 0 Å². The lowest BCUT2D eigenvalue weighted by molar-refractivity contribution is 0.878. The van der Waals surface area contributed by atoms with Gasteiger partial charge in [-0.2, -0.15) is 0 Å². The Labute approximate surface area is 162 Å². The van der Waals surface area contributed by atoms with Gasteiger partial charge in [-0.1, -0.05) is 18.2 Å². The molecule has 1 unspecified atom stereocenters. The first kappa shape index (κ1) is 15.4. The number of hydrogen-bond donors (Lipinski definition) is 2. The quantitative estimate of drug-likeness (QED) is 0.427. The van der Waals surface area contributed by atoms with E-state index in [0.29, 0.717) is 5.92 Å². The van der Waals surface area contributed by atoms with E-state index < -0.39 is 0 Å². The van der Waals surface area contributed by atoms with Crippen molar-refractivity contribution < 1.29 is 0 Å². The average molecular weight is 362 g/mol. The molecular weight excluding hydrogens is 344 g/mol. The second kappa shape index (κ2) is 5.92. The van der Waals surface area contributed by atoms with Gasteiger partial charge < -0.3 is 9.97 Å². The number of allylic oxidation sites excluding steroid dienone is 4. The first-order chi connectivity index (χ1) is 13.8. The van der Waals surface area contributed by atoms with Crippen molar-refractivity contribution in [2.75, 3.05) is 0 Å². The first-order valence-electron chi connectivity index (χ1n) is 9.54. The fourth-order valence-corrected chi connectivity index (χ4v) is 4.08. The molecule has 3 aliphatic rings. The number of nitrogens with zero attached hydrogens (tertiary/aromatic N) is 2. The summed E-state index contributed by atoms with van der Waals surface area (Å²) in [6.45, 7) is 0. The molecule has 0 saturated heterocycles.